The summed E-state index contributed by atoms with van der Waals surface area (Å²) in [6, 6.07) is 16.5. The highest BCUT2D eigenvalue weighted by Gasteiger charge is 2.33. The zero-order chi connectivity index (χ0) is 26.2. The summed E-state index contributed by atoms with van der Waals surface area (Å²) in [7, 11) is -3.48. The standard InChI is InChI=1S/C27H26F3N3O3S/c1-18-16-31-26-15-4-20(17-33(18)26)19-2-11-24(12-3-19)37(34,35)25-13-7-22(8-14-25)32-21-5-9-23(10-6-21)36-27(28,29)30/h2-6,9-12,15-17,22,25,32H,7-8,13-14H2,1H3. The number of sulfone groups is 1. The molecule has 0 bridgehead atoms. The second-order valence-corrected chi connectivity index (χ2v) is 11.5. The van der Waals surface area contributed by atoms with Gasteiger partial charge in [0.2, 0.25) is 0 Å². The van der Waals surface area contributed by atoms with Gasteiger partial charge in [-0.3, -0.25) is 0 Å². The minimum Gasteiger partial charge on any atom is -0.406 e. The van der Waals surface area contributed by atoms with Gasteiger partial charge >= 0.3 is 6.36 Å². The SMILES string of the molecule is Cc1cnc2ccc(-c3ccc(S(=O)(=O)C4CCC(Nc5ccc(OC(F)(F)F)cc5)CC4)cc3)cn12. The Morgan fingerprint density at radius 2 is 1.57 bits per heavy atom. The first-order chi connectivity index (χ1) is 17.6. The molecule has 0 spiro atoms. The van der Waals surface area contributed by atoms with Gasteiger partial charge in [-0.1, -0.05) is 12.1 Å². The van der Waals surface area contributed by atoms with E-state index in [1.54, 1.807) is 12.1 Å². The number of pyridine rings is 1. The first-order valence-electron chi connectivity index (χ1n) is 12.0. The molecule has 1 fully saturated rings. The van der Waals surface area contributed by atoms with Crippen LogP contribution in [0.1, 0.15) is 31.4 Å². The molecule has 194 valence electrons. The molecule has 6 nitrogen and oxygen atoms in total. The van der Waals surface area contributed by atoms with E-state index in [9.17, 15) is 21.6 Å². The van der Waals surface area contributed by atoms with Crippen molar-refractivity contribution >= 4 is 21.2 Å². The molecule has 4 aromatic rings. The smallest absolute Gasteiger partial charge is 0.406 e. The third-order valence-corrected chi connectivity index (χ3v) is 9.06. The van der Waals surface area contributed by atoms with E-state index in [1.807, 2.05) is 48.0 Å². The largest absolute Gasteiger partial charge is 0.573 e. The summed E-state index contributed by atoms with van der Waals surface area (Å²) in [4.78, 5) is 4.64. The fourth-order valence-electron chi connectivity index (χ4n) is 4.81. The van der Waals surface area contributed by atoms with E-state index in [2.05, 4.69) is 15.0 Å². The molecule has 2 aromatic heterocycles. The minimum absolute atomic E-state index is 0.0461. The molecule has 10 heteroatoms. The van der Waals surface area contributed by atoms with Crippen LogP contribution in [-0.4, -0.2) is 35.5 Å². The Balaban J connectivity index is 1.20. The summed E-state index contributed by atoms with van der Waals surface area (Å²) in [5.74, 6) is -0.281. The molecule has 2 heterocycles. The van der Waals surface area contributed by atoms with Gasteiger partial charge in [-0.25, -0.2) is 13.4 Å². The Labute approximate surface area is 213 Å². The Bertz CT molecular complexity index is 1490. The maximum Gasteiger partial charge on any atom is 0.573 e. The van der Waals surface area contributed by atoms with E-state index >= 15 is 0 Å². The lowest BCUT2D eigenvalue weighted by Crippen LogP contribution is -2.32. The summed E-state index contributed by atoms with van der Waals surface area (Å²) in [6.45, 7) is 1.98. The van der Waals surface area contributed by atoms with Crippen molar-refractivity contribution in [1.29, 1.82) is 0 Å². The van der Waals surface area contributed by atoms with Crippen molar-refractivity contribution in [1.82, 2.24) is 9.38 Å². The molecule has 0 atom stereocenters. The topological polar surface area (TPSA) is 72.7 Å². The average Bonchev–Trinajstić information content (AvgIpc) is 3.25. The van der Waals surface area contributed by atoms with Crippen molar-refractivity contribution in [2.75, 3.05) is 5.32 Å². The normalized spacial score (nSPS) is 18.6. The van der Waals surface area contributed by atoms with Gasteiger partial charge in [0.1, 0.15) is 11.4 Å². The zero-order valence-electron chi connectivity index (χ0n) is 20.1. The van der Waals surface area contributed by atoms with Crippen LogP contribution in [0.3, 0.4) is 0 Å². The lowest BCUT2D eigenvalue weighted by atomic mass is 9.95. The number of nitrogens with zero attached hydrogens (tertiary/aromatic N) is 2. The molecule has 37 heavy (non-hydrogen) atoms. The lowest BCUT2D eigenvalue weighted by Gasteiger charge is -2.29. The number of aryl methyl sites for hydroxylation is 1. The Morgan fingerprint density at radius 3 is 2.22 bits per heavy atom. The Hall–Kier alpha value is -3.53. The molecule has 1 saturated carbocycles. The molecular weight excluding hydrogens is 503 g/mol. The number of halogens is 3. The van der Waals surface area contributed by atoms with Crippen LogP contribution in [0.15, 0.2) is 78.0 Å². The highest BCUT2D eigenvalue weighted by Crippen LogP contribution is 2.32. The molecular formula is C27H26F3N3O3S. The van der Waals surface area contributed by atoms with Crippen molar-refractivity contribution in [2.24, 2.45) is 0 Å². The van der Waals surface area contributed by atoms with Gasteiger partial charge in [0, 0.05) is 29.8 Å². The summed E-state index contributed by atoms with van der Waals surface area (Å²) in [5, 5.41) is 2.82. The summed E-state index contributed by atoms with van der Waals surface area (Å²) < 4.78 is 69.5. The molecule has 0 radical (unpaired) electrons. The van der Waals surface area contributed by atoms with Crippen LogP contribution in [0, 0.1) is 6.92 Å². The number of hydrogen-bond donors (Lipinski definition) is 1. The van der Waals surface area contributed by atoms with Crippen molar-refractivity contribution in [3.8, 4) is 16.9 Å². The summed E-state index contributed by atoms with van der Waals surface area (Å²) in [5.41, 5.74) is 4.45. The van der Waals surface area contributed by atoms with Gasteiger partial charge < -0.3 is 14.5 Å². The first-order valence-corrected chi connectivity index (χ1v) is 13.5. The maximum atomic E-state index is 13.3. The molecule has 0 saturated heterocycles. The third kappa shape index (κ3) is 5.58. The van der Waals surface area contributed by atoms with Crippen LogP contribution in [0.2, 0.25) is 0 Å². The number of alkyl halides is 3. The predicted octanol–water partition coefficient (Wildman–Crippen LogP) is 6.41. The number of anilines is 1. The van der Waals surface area contributed by atoms with E-state index in [-0.39, 0.29) is 11.8 Å². The summed E-state index contributed by atoms with van der Waals surface area (Å²) >= 11 is 0. The lowest BCUT2D eigenvalue weighted by molar-refractivity contribution is -0.274. The molecule has 5 rings (SSSR count). The minimum atomic E-state index is -4.73. The number of aromatic nitrogens is 2. The second-order valence-electron chi connectivity index (χ2n) is 9.31. The van der Waals surface area contributed by atoms with Crippen LogP contribution in [0.4, 0.5) is 18.9 Å². The predicted molar refractivity (Wildman–Crippen MR) is 135 cm³/mol. The Morgan fingerprint density at radius 1 is 0.919 bits per heavy atom. The number of fused-ring (bicyclic) bond motifs is 1. The molecule has 0 amide bonds. The molecule has 1 N–H and O–H groups in total. The monoisotopic (exact) mass is 529 g/mol. The second kappa shape index (κ2) is 9.74. The van der Waals surface area contributed by atoms with Crippen LogP contribution in [-0.2, 0) is 9.84 Å². The molecule has 1 aliphatic rings. The number of imidazole rings is 1. The van der Waals surface area contributed by atoms with Crippen molar-refractivity contribution in [3.05, 3.63) is 78.8 Å². The number of nitrogens with one attached hydrogen (secondary N) is 1. The van der Waals surface area contributed by atoms with E-state index in [1.165, 1.54) is 24.3 Å². The third-order valence-electron chi connectivity index (χ3n) is 6.78. The van der Waals surface area contributed by atoms with E-state index in [0.717, 1.165) is 22.5 Å². The highest BCUT2D eigenvalue weighted by atomic mass is 32.2. The number of ether oxygens (including phenoxy) is 1. The van der Waals surface area contributed by atoms with E-state index in [0.29, 0.717) is 36.3 Å². The van der Waals surface area contributed by atoms with Crippen LogP contribution in [0.25, 0.3) is 16.8 Å². The molecule has 2 aromatic carbocycles. The highest BCUT2D eigenvalue weighted by molar-refractivity contribution is 7.92. The fourth-order valence-corrected chi connectivity index (χ4v) is 6.60. The number of hydrogen-bond acceptors (Lipinski definition) is 5. The van der Waals surface area contributed by atoms with Crippen molar-refractivity contribution < 1.29 is 26.3 Å². The number of benzene rings is 2. The number of rotatable bonds is 6. The van der Waals surface area contributed by atoms with Crippen molar-refractivity contribution in [2.45, 2.75) is 55.2 Å². The van der Waals surface area contributed by atoms with Gasteiger partial charge in [-0.05, 0) is 92.3 Å². The van der Waals surface area contributed by atoms with Gasteiger partial charge in [0.05, 0.1) is 10.1 Å². The summed E-state index contributed by atoms with van der Waals surface area (Å²) in [6.07, 6.45) is 1.38. The van der Waals surface area contributed by atoms with Crippen LogP contribution < -0.4 is 10.1 Å². The van der Waals surface area contributed by atoms with Gasteiger partial charge in [0.25, 0.3) is 0 Å². The van der Waals surface area contributed by atoms with Crippen LogP contribution in [0.5, 0.6) is 5.75 Å². The van der Waals surface area contributed by atoms with Gasteiger partial charge in [-0.2, -0.15) is 0 Å². The Kier molecular flexibility index (Phi) is 6.61. The van der Waals surface area contributed by atoms with Crippen molar-refractivity contribution in [3.63, 3.8) is 0 Å². The average molecular weight is 530 g/mol. The van der Waals surface area contributed by atoms with Gasteiger partial charge in [0.15, 0.2) is 9.84 Å². The van der Waals surface area contributed by atoms with Gasteiger partial charge in [-0.15, -0.1) is 13.2 Å². The quantitative estimate of drug-likeness (QED) is 0.313. The maximum absolute atomic E-state index is 13.3. The van der Waals surface area contributed by atoms with Crippen LogP contribution >= 0.6 is 0 Å². The molecule has 1 aliphatic carbocycles. The molecule has 0 aliphatic heterocycles. The molecule has 0 unspecified atom stereocenters. The fraction of sp³-hybridized carbons (Fsp3) is 0.296. The zero-order valence-corrected chi connectivity index (χ0v) is 20.9. The van der Waals surface area contributed by atoms with E-state index < -0.39 is 21.4 Å². The first kappa shape index (κ1) is 25.1. The van der Waals surface area contributed by atoms with E-state index in [4.69, 9.17) is 0 Å².